The molecule has 1 N–H and O–H groups in total. The van der Waals surface area contributed by atoms with E-state index in [1.54, 1.807) is 22.7 Å². The Hall–Kier alpha value is -1.55. The van der Waals surface area contributed by atoms with Crippen LogP contribution >= 0.6 is 11.6 Å². The molecule has 0 radical (unpaired) electrons. The van der Waals surface area contributed by atoms with Gasteiger partial charge in [0.2, 0.25) is 0 Å². The van der Waals surface area contributed by atoms with Gasteiger partial charge < -0.3 is 9.51 Å². The second-order valence-electron chi connectivity index (χ2n) is 5.28. The first kappa shape index (κ1) is 12.9. The van der Waals surface area contributed by atoms with Gasteiger partial charge in [0.25, 0.3) is 0 Å². The third kappa shape index (κ3) is 2.20. The summed E-state index contributed by atoms with van der Waals surface area (Å²) in [6.45, 7) is 6.02. The van der Waals surface area contributed by atoms with E-state index in [-0.39, 0.29) is 11.8 Å². The first-order chi connectivity index (χ1) is 8.30. The van der Waals surface area contributed by atoms with E-state index in [0.29, 0.717) is 16.4 Å². The maximum atomic E-state index is 11.0. The maximum absolute atomic E-state index is 11.0. The van der Waals surface area contributed by atoms with Gasteiger partial charge in [0, 0.05) is 11.6 Å². The maximum Gasteiger partial charge on any atom is 0.309 e. The summed E-state index contributed by atoms with van der Waals surface area (Å²) in [5.41, 5.74) is 1.85. The van der Waals surface area contributed by atoms with E-state index in [1.165, 1.54) is 0 Å². The molecule has 0 saturated carbocycles. The number of nitrogens with zero attached hydrogens (tertiary/aromatic N) is 2. The van der Waals surface area contributed by atoms with Gasteiger partial charge in [0.05, 0.1) is 22.8 Å². The molecule has 0 bridgehead atoms. The minimum absolute atomic E-state index is 0.0614. The zero-order valence-electron chi connectivity index (χ0n) is 10.6. The number of pyridine rings is 1. The monoisotopic (exact) mass is 266 g/mol. The average Bonchev–Trinajstić information content (AvgIpc) is 2.57. The van der Waals surface area contributed by atoms with Crippen molar-refractivity contribution < 1.29 is 9.90 Å². The van der Waals surface area contributed by atoms with Gasteiger partial charge >= 0.3 is 5.97 Å². The molecule has 0 spiro atoms. The molecule has 2 heterocycles. The summed E-state index contributed by atoms with van der Waals surface area (Å²) < 4.78 is 1.76. The minimum atomic E-state index is -0.873. The smallest absolute Gasteiger partial charge is 0.309 e. The van der Waals surface area contributed by atoms with E-state index in [1.807, 2.05) is 20.8 Å². The molecular formula is C13H15ClN2O2. The number of hydrogen-bond donors (Lipinski definition) is 1. The van der Waals surface area contributed by atoms with Crippen LogP contribution in [0.1, 0.15) is 32.2 Å². The molecule has 0 amide bonds. The summed E-state index contributed by atoms with van der Waals surface area (Å²) in [5, 5.41) is 9.56. The molecule has 0 aliphatic heterocycles. The van der Waals surface area contributed by atoms with Crippen LogP contribution in [0.2, 0.25) is 5.02 Å². The Balaban J connectivity index is 2.76. The van der Waals surface area contributed by atoms with Crippen molar-refractivity contribution in [2.24, 2.45) is 0 Å². The summed E-state index contributed by atoms with van der Waals surface area (Å²) in [6, 6.07) is 3.54. The topological polar surface area (TPSA) is 54.6 Å². The lowest BCUT2D eigenvalue weighted by Crippen LogP contribution is -2.16. The van der Waals surface area contributed by atoms with Crippen LogP contribution in [-0.2, 0) is 16.6 Å². The number of aromatic nitrogens is 2. The normalized spacial score (nSPS) is 12.0. The van der Waals surface area contributed by atoms with Gasteiger partial charge in [-0.3, -0.25) is 4.79 Å². The largest absolute Gasteiger partial charge is 0.481 e. The highest BCUT2D eigenvalue weighted by atomic mass is 35.5. The SMILES string of the molecule is CC(C)(C)c1nc2c(Cl)cccn2c1CC(=O)O. The zero-order valence-corrected chi connectivity index (χ0v) is 11.3. The summed E-state index contributed by atoms with van der Waals surface area (Å²) in [4.78, 5) is 15.5. The van der Waals surface area contributed by atoms with Gasteiger partial charge in [-0.15, -0.1) is 0 Å². The molecule has 96 valence electrons. The third-order valence-electron chi connectivity index (χ3n) is 2.73. The molecule has 18 heavy (non-hydrogen) atoms. The number of aliphatic carboxylic acids is 1. The Morgan fingerprint density at radius 3 is 2.72 bits per heavy atom. The zero-order chi connectivity index (χ0) is 13.5. The van der Waals surface area contributed by atoms with Crippen LogP contribution in [-0.4, -0.2) is 20.5 Å². The lowest BCUT2D eigenvalue weighted by molar-refractivity contribution is -0.136. The van der Waals surface area contributed by atoms with Gasteiger partial charge in [0.1, 0.15) is 0 Å². The molecule has 4 nitrogen and oxygen atoms in total. The molecule has 2 aromatic rings. The Kier molecular flexibility index (Phi) is 3.07. The predicted octanol–water partition coefficient (Wildman–Crippen LogP) is 2.91. The van der Waals surface area contributed by atoms with Crippen LogP contribution < -0.4 is 0 Å². The first-order valence-corrected chi connectivity index (χ1v) is 6.06. The highest BCUT2D eigenvalue weighted by Gasteiger charge is 2.25. The van der Waals surface area contributed by atoms with Crippen molar-refractivity contribution in [3.63, 3.8) is 0 Å². The molecule has 0 saturated heterocycles. The van der Waals surface area contributed by atoms with Crippen LogP contribution in [0.15, 0.2) is 18.3 Å². The molecule has 2 aromatic heterocycles. The van der Waals surface area contributed by atoms with Crippen molar-refractivity contribution in [1.29, 1.82) is 0 Å². The Morgan fingerprint density at radius 2 is 2.17 bits per heavy atom. The van der Waals surface area contributed by atoms with Crippen molar-refractivity contribution in [3.8, 4) is 0 Å². The molecule has 0 aromatic carbocycles. The number of carbonyl (C=O) groups is 1. The lowest BCUT2D eigenvalue weighted by Gasteiger charge is -2.17. The molecule has 0 aliphatic rings. The Labute approximate surface area is 110 Å². The van der Waals surface area contributed by atoms with Gasteiger partial charge in [-0.2, -0.15) is 0 Å². The van der Waals surface area contributed by atoms with E-state index in [0.717, 1.165) is 5.69 Å². The standard InChI is InChI=1S/C13H15ClN2O2/c1-13(2,3)11-9(7-10(17)18)16-6-4-5-8(14)12(16)15-11/h4-6H,7H2,1-3H3,(H,17,18). The van der Waals surface area contributed by atoms with Crippen molar-refractivity contribution in [2.45, 2.75) is 32.6 Å². The van der Waals surface area contributed by atoms with Crippen LogP contribution in [0.4, 0.5) is 0 Å². The Morgan fingerprint density at radius 1 is 1.50 bits per heavy atom. The van der Waals surface area contributed by atoms with Crippen LogP contribution in [0.3, 0.4) is 0 Å². The highest BCUT2D eigenvalue weighted by Crippen LogP contribution is 2.29. The van der Waals surface area contributed by atoms with Crippen molar-refractivity contribution in [1.82, 2.24) is 9.38 Å². The van der Waals surface area contributed by atoms with Gasteiger partial charge in [0.15, 0.2) is 5.65 Å². The molecule has 5 heteroatoms. The molecule has 0 atom stereocenters. The molecule has 0 aliphatic carbocycles. The second-order valence-corrected chi connectivity index (χ2v) is 5.68. The number of rotatable bonds is 2. The molecule has 2 rings (SSSR count). The summed E-state index contributed by atoms with van der Waals surface area (Å²) in [5.74, 6) is -0.873. The van der Waals surface area contributed by atoms with E-state index < -0.39 is 5.97 Å². The quantitative estimate of drug-likeness (QED) is 0.909. The molecular weight excluding hydrogens is 252 g/mol. The van der Waals surface area contributed by atoms with E-state index in [4.69, 9.17) is 16.7 Å². The summed E-state index contributed by atoms with van der Waals surface area (Å²) in [7, 11) is 0. The predicted molar refractivity (Wildman–Crippen MR) is 70.2 cm³/mol. The van der Waals surface area contributed by atoms with Crippen LogP contribution in [0.5, 0.6) is 0 Å². The minimum Gasteiger partial charge on any atom is -0.481 e. The molecule has 0 fully saturated rings. The fourth-order valence-electron chi connectivity index (χ4n) is 2.00. The fourth-order valence-corrected chi connectivity index (χ4v) is 2.20. The number of carboxylic acid groups (broad SMARTS) is 1. The number of fused-ring (bicyclic) bond motifs is 1. The van der Waals surface area contributed by atoms with E-state index >= 15 is 0 Å². The van der Waals surface area contributed by atoms with Crippen molar-refractivity contribution in [3.05, 3.63) is 34.7 Å². The Bertz CT molecular complexity index is 611. The number of hydrogen-bond acceptors (Lipinski definition) is 2. The average molecular weight is 267 g/mol. The molecule has 0 unspecified atom stereocenters. The van der Waals surface area contributed by atoms with Crippen molar-refractivity contribution in [2.75, 3.05) is 0 Å². The first-order valence-electron chi connectivity index (χ1n) is 5.68. The van der Waals surface area contributed by atoms with Crippen molar-refractivity contribution >= 4 is 23.2 Å². The van der Waals surface area contributed by atoms with Gasteiger partial charge in [-0.05, 0) is 12.1 Å². The number of halogens is 1. The van der Waals surface area contributed by atoms with E-state index in [9.17, 15) is 4.79 Å². The summed E-state index contributed by atoms with van der Waals surface area (Å²) >= 11 is 6.10. The van der Waals surface area contributed by atoms with Crippen LogP contribution in [0, 0.1) is 0 Å². The third-order valence-corrected chi connectivity index (χ3v) is 3.03. The van der Waals surface area contributed by atoms with Gasteiger partial charge in [-0.1, -0.05) is 32.4 Å². The van der Waals surface area contributed by atoms with Crippen LogP contribution in [0.25, 0.3) is 5.65 Å². The summed E-state index contributed by atoms with van der Waals surface area (Å²) in [6.07, 6.45) is 1.73. The van der Waals surface area contributed by atoms with E-state index in [2.05, 4.69) is 4.98 Å². The second kappa shape index (κ2) is 4.28. The number of carboxylic acids is 1. The van der Waals surface area contributed by atoms with Gasteiger partial charge in [-0.25, -0.2) is 4.98 Å². The lowest BCUT2D eigenvalue weighted by atomic mass is 9.90. The fraction of sp³-hybridized carbons (Fsp3) is 0.385. The highest BCUT2D eigenvalue weighted by molar-refractivity contribution is 6.33. The number of imidazole rings is 1.